The fraction of sp³-hybridized carbons (Fsp3) is 0.250. The van der Waals surface area contributed by atoms with Gasteiger partial charge in [-0.3, -0.25) is 10.1 Å². The second kappa shape index (κ2) is 4.69. The first-order valence-corrected chi connectivity index (χ1v) is 4.83. The highest BCUT2D eigenvalue weighted by molar-refractivity contribution is 9.10. The van der Waals surface area contributed by atoms with E-state index in [2.05, 4.69) is 15.9 Å². The van der Waals surface area contributed by atoms with Crippen molar-refractivity contribution in [2.45, 2.75) is 6.18 Å². The highest BCUT2D eigenvalue weighted by Gasteiger charge is 2.28. The Balaban J connectivity index is 2.91. The number of halogens is 4. The van der Waals surface area contributed by atoms with Gasteiger partial charge in [0.05, 0.1) is 4.92 Å². The molecule has 0 aliphatic rings. The number of hydrogen-bond acceptors (Lipinski definition) is 3. The molecule has 0 heterocycles. The van der Waals surface area contributed by atoms with Gasteiger partial charge in [0.2, 0.25) is 0 Å². The zero-order chi connectivity index (χ0) is 12.3. The average Bonchev–Trinajstić information content (AvgIpc) is 2.14. The second-order valence-electron chi connectivity index (χ2n) is 2.89. The van der Waals surface area contributed by atoms with Gasteiger partial charge in [-0.25, -0.2) is 0 Å². The van der Waals surface area contributed by atoms with Crippen LogP contribution in [0, 0.1) is 10.1 Å². The molecule has 0 atom stereocenters. The fourth-order valence-corrected chi connectivity index (χ4v) is 1.35. The number of benzene rings is 1. The summed E-state index contributed by atoms with van der Waals surface area (Å²) in [7, 11) is 0. The van der Waals surface area contributed by atoms with E-state index in [1.54, 1.807) is 0 Å². The summed E-state index contributed by atoms with van der Waals surface area (Å²) in [4.78, 5) is 9.82. The fourth-order valence-electron chi connectivity index (χ4n) is 1.00. The summed E-state index contributed by atoms with van der Waals surface area (Å²) in [6.45, 7) is -1.31. The molecule has 0 saturated heterocycles. The lowest BCUT2D eigenvalue weighted by Crippen LogP contribution is -2.21. The predicted octanol–water partition coefficient (Wildman–Crippen LogP) is 3.33. The molecule has 0 aliphatic heterocycles. The maximum absolute atomic E-state index is 11.9. The highest BCUT2D eigenvalue weighted by Crippen LogP contribution is 2.28. The van der Waals surface area contributed by atoms with Gasteiger partial charge in [0, 0.05) is 10.5 Å². The number of nitrogens with one attached hydrogen (secondary N) is 1. The Morgan fingerprint density at radius 1 is 1.44 bits per heavy atom. The molecule has 1 aromatic rings. The molecule has 16 heavy (non-hydrogen) atoms. The van der Waals surface area contributed by atoms with Gasteiger partial charge in [0.1, 0.15) is 12.2 Å². The van der Waals surface area contributed by atoms with Crippen LogP contribution in [0.15, 0.2) is 22.7 Å². The normalized spacial score (nSPS) is 11.2. The monoisotopic (exact) mass is 298 g/mol. The van der Waals surface area contributed by atoms with E-state index in [9.17, 15) is 23.3 Å². The molecule has 0 amide bonds. The van der Waals surface area contributed by atoms with Crippen LogP contribution < -0.4 is 5.32 Å². The minimum Gasteiger partial charge on any atom is -0.371 e. The first kappa shape index (κ1) is 12.8. The van der Waals surface area contributed by atoms with Gasteiger partial charge < -0.3 is 5.32 Å². The van der Waals surface area contributed by atoms with E-state index in [-0.39, 0.29) is 5.69 Å². The van der Waals surface area contributed by atoms with E-state index >= 15 is 0 Å². The van der Waals surface area contributed by atoms with E-state index in [0.29, 0.717) is 4.47 Å². The van der Waals surface area contributed by atoms with Crippen molar-refractivity contribution in [3.05, 3.63) is 32.8 Å². The van der Waals surface area contributed by atoms with Crippen molar-refractivity contribution in [2.24, 2.45) is 0 Å². The largest absolute Gasteiger partial charge is 0.405 e. The highest BCUT2D eigenvalue weighted by atomic mass is 79.9. The van der Waals surface area contributed by atoms with Gasteiger partial charge in [-0.15, -0.1) is 0 Å². The van der Waals surface area contributed by atoms with Crippen molar-refractivity contribution in [2.75, 3.05) is 11.9 Å². The molecule has 0 spiro atoms. The maximum atomic E-state index is 11.9. The molecule has 0 unspecified atom stereocenters. The molecule has 8 heteroatoms. The Hall–Kier alpha value is -1.31. The summed E-state index contributed by atoms with van der Waals surface area (Å²) in [5, 5.41) is 12.5. The number of hydrogen-bond donors (Lipinski definition) is 1. The van der Waals surface area contributed by atoms with E-state index in [1.165, 1.54) is 12.1 Å². The lowest BCUT2D eigenvalue weighted by molar-refractivity contribution is -0.384. The Bertz CT molecular complexity index is 409. The number of nitro benzene ring substituents is 1. The van der Waals surface area contributed by atoms with Crippen LogP contribution in [0.25, 0.3) is 0 Å². The van der Waals surface area contributed by atoms with Gasteiger partial charge in [-0.2, -0.15) is 13.2 Å². The predicted molar refractivity (Wildman–Crippen MR) is 55.3 cm³/mol. The van der Waals surface area contributed by atoms with Crippen LogP contribution in [0.3, 0.4) is 0 Å². The molecule has 0 saturated carbocycles. The summed E-state index contributed by atoms with van der Waals surface area (Å²) in [5.74, 6) is 0. The van der Waals surface area contributed by atoms with Gasteiger partial charge in [-0.1, -0.05) is 15.9 Å². The van der Waals surface area contributed by atoms with Crippen molar-refractivity contribution >= 4 is 27.3 Å². The molecule has 0 aliphatic carbocycles. The zero-order valence-electron chi connectivity index (χ0n) is 7.71. The molecule has 0 aromatic heterocycles. The zero-order valence-corrected chi connectivity index (χ0v) is 9.30. The topological polar surface area (TPSA) is 55.2 Å². The standard InChI is InChI=1S/C8H6BrF3N2O2/c9-5-1-2-6(7(3-5)14(15)16)13-4-8(10,11)12/h1-3,13H,4H2. The Morgan fingerprint density at radius 2 is 2.06 bits per heavy atom. The van der Waals surface area contributed by atoms with Crippen LogP contribution in [0.5, 0.6) is 0 Å². The summed E-state index contributed by atoms with van der Waals surface area (Å²) in [6.07, 6.45) is -4.42. The van der Waals surface area contributed by atoms with Crippen LogP contribution >= 0.6 is 15.9 Å². The third-order valence-electron chi connectivity index (χ3n) is 1.64. The molecule has 0 radical (unpaired) electrons. The van der Waals surface area contributed by atoms with E-state index in [0.717, 1.165) is 6.07 Å². The van der Waals surface area contributed by atoms with Crippen molar-refractivity contribution < 1.29 is 18.1 Å². The first-order valence-electron chi connectivity index (χ1n) is 4.04. The van der Waals surface area contributed by atoms with Gasteiger partial charge >= 0.3 is 6.18 Å². The third-order valence-corrected chi connectivity index (χ3v) is 2.13. The molecule has 4 nitrogen and oxygen atoms in total. The molecular weight excluding hydrogens is 293 g/mol. The first-order chi connectivity index (χ1) is 7.29. The molecule has 0 fully saturated rings. The van der Waals surface area contributed by atoms with Gasteiger partial charge in [0.15, 0.2) is 0 Å². The maximum Gasteiger partial charge on any atom is 0.405 e. The van der Waals surface area contributed by atoms with E-state index in [1.807, 2.05) is 5.32 Å². The summed E-state index contributed by atoms with van der Waals surface area (Å²) >= 11 is 3.00. The Morgan fingerprint density at radius 3 is 2.56 bits per heavy atom. The number of nitrogens with zero attached hydrogens (tertiary/aromatic N) is 1. The quantitative estimate of drug-likeness (QED) is 0.688. The Kier molecular flexibility index (Phi) is 3.74. The second-order valence-corrected chi connectivity index (χ2v) is 3.80. The minimum absolute atomic E-state index is 0.162. The smallest absolute Gasteiger partial charge is 0.371 e. The van der Waals surface area contributed by atoms with Crippen molar-refractivity contribution in [1.82, 2.24) is 0 Å². The van der Waals surface area contributed by atoms with Crippen molar-refractivity contribution in [3.8, 4) is 0 Å². The molecule has 1 N–H and O–H groups in total. The average molecular weight is 299 g/mol. The summed E-state index contributed by atoms with van der Waals surface area (Å²) < 4.78 is 36.2. The molecule has 88 valence electrons. The molecule has 1 rings (SSSR count). The Labute approximate surface area is 96.7 Å². The van der Waals surface area contributed by atoms with Gasteiger partial charge in [-0.05, 0) is 12.1 Å². The van der Waals surface area contributed by atoms with Gasteiger partial charge in [0.25, 0.3) is 5.69 Å². The van der Waals surface area contributed by atoms with Crippen LogP contribution in [0.1, 0.15) is 0 Å². The van der Waals surface area contributed by atoms with Crippen LogP contribution in [-0.4, -0.2) is 17.6 Å². The van der Waals surface area contributed by atoms with Crippen molar-refractivity contribution in [3.63, 3.8) is 0 Å². The number of nitro groups is 1. The summed E-state index contributed by atoms with van der Waals surface area (Å²) in [6, 6.07) is 3.78. The molecule has 0 bridgehead atoms. The molecule has 1 aromatic carbocycles. The third kappa shape index (κ3) is 3.69. The number of rotatable bonds is 3. The summed E-state index contributed by atoms with van der Waals surface area (Å²) in [5.41, 5.74) is -0.566. The number of alkyl halides is 3. The lowest BCUT2D eigenvalue weighted by atomic mass is 10.2. The lowest BCUT2D eigenvalue weighted by Gasteiger charge is -2.09. The minimum atomic E-state index is -4.42. The molecular formula is C8H6BrF3N2O2. The van der Waals surface area contributed by atoms with Crippen LogP contribution in [-0.2, 0) is 0 Å². The SMILES string of the molecule is O=[N+]([O-])c1cc(Br)ccc1NCC(F)(F)F. The van der Waals surface area contributed by atoms with Crippen molar-refractivity contribution in [1.29, 1.82) is 0 Å². The van der Waals surface area contributed by atoms with E-state index < -0.39 is 23.3 Å². The van der Waals surface area contributed by atoms with Crippen LogP contribution in [0.2, 0.25) is 0 Å². The number of anilines is 1. The van der Waals surface area contributed by atoms with Crippen LogP contribution in [0.4, 0.5) is 24.5 Å². The van der Waals surface area contributed by atoms with E-state index in [4.69, 9.17) is 0 Å².